The molecule has 1 aromatic rings. The Balaban J connectivity index is 2.09. The molecule has 0 unspecified atom stereocenters. The third-order valence-electron chi connectivity index (χ3n) is 2.70. The van der Waals surface area contributed by atoms with Gasteiger partial charge in [-0.2, -0.15) is 9.55 Å². The highest BCUT2D eigenvalue weighted by molar-refractivity contribution is 7.15. The molecule has 9 heteroatoms. The Morgan fingerprint density at radius 1 is 1.50 bits per heavy atom. The maximum Gasteiger partial charge on any atom is 0.420 e. The van der Waals surface area contributed by atoms with Gasteiger partial charge in [0, 0.05) is 17.3 Å². The Morgan fingerprint density at radius 3 is 2.95 bits per heavy atom. The summed E-state index contributed by atoms with van der Waals surface area (Å²) < 4.78 is 2.72. The van der Waals surface area contributed by atoms with Crippen LogP contribution >= 0.6 is 22.9 Å². The number of aromatic nitrogens is 4. The monoisotopic (exact) mass is 310 g/mol. The predicted molar refractivity (Wildman–Crippen MR) is 72.8 cm³/mol. The predicted octanol–water partition coefficient (Wildman–Crippen LogP) is 1.83. The second-order valence-corrected chi connectivity index (χ2v) is 5.63. The van der Waals surface area contributed by atoms with Crippen LogP contribution in [-0.4, -0.2) is 30.3 Å². The molecule has 1 aromatic heterocycles. The Kier molecular flexibility index (Phi) is 3.03. The molecule has 102 valence electrons. The summed E-state index contributed by atoms with van der Waals surface area (Å²) in [4.78, 5) is 31.3. The lowest BCUT2D eigenvalue weighted by Gasteiger charge is -2.09. The Hall–Kier alpha value is -2.19. The Morgan fingerprint density at radius 2 is 2.30 bits per heavy atom. The molecule has 20 heavy (non-hydrogen) atoms. The summed E-state index contributed by atoms with van der Waals surface area (Å²) in [7, 11) is 0. The molecular formula is C11H7ClN4O3S. The fourth-order valence-electron chi connectivity index (χ4n) is 1.91. The minimum Gasteiger partial charge on any atom is -0.464 e. The van der Waals surface area contributed by atoms with Crippen LogP contribution in [-0.2, 0) is 6.54 Å². The van der Waals surface area contributed by atoms with Gasteiger partial charge in [-0.25, -0.2) is 14.6 Å². The van der Waals surface area contributed by atoms with Gasteiger partial charge in [0.05, 0.1) is 6.54 Å². The van der Waals surface area contributed by atoms with Crippen molar-refractivity contribution in [2.24, 2.45) is 0 Å². The lowest BCUT2D eigenvalue weighted by atomic mass is 10.3. The summed E-state index contributed by atoms with van der Waals surface area (Å²) in [5.41, 5.74) is -0.560. The van der Waals surface area contributed by atoms with Crippen LogP contribution in [0.25, 0.3) is 11.5 Å². The highest BCUT2D eigenvalue weighted by atomic mass is 35.5. The van der Waals surface area contributed by atoms with Crippen molar-refractivity contribution in [2.75, 3.05) is 0 Å². The number of fused-ring (bicyclic) bond motifs is 1. The third-order valence-corrected chi connectivity index (χ3v) is 3.80. The Labute approximate surface area is 121 Å². The molecule has 1 N–H and O–H groups in total. The van der Waals surface area contributed by atoms with Crippen LogP contribution in [0.5, 0.6) is 0 Å². The van der Waals surface area contributed by atoms with Gasteiger partial charge in [-0.3, -0.25) is 0 Å². The van der Waals surface area contributed by atoms with Crippen molar-refractivity contribution < 1.29 is 9.90 Å². The maximum absolute atomic E-state index is 11.6. The van der Waals surface area contributed by atoms with E-state index in [1.54, 1.807) is 23.0 Å². The minimum absolute atomic E-state index is 0.251. The summed E-state index contributed by atoms with van der Waals surface area (Å²) in [5.74, 6) is 0.310. The van der Waals surface area contributed by atoms with Crippen molar-refractivity contribution in [3.05, 3.63) is 44.4 Å². The van der Waals surface area contributed by atoms with Crippen LogP contribution in [0.1, 0.15) is 4.88 Å². The molecule has 3 heterocycles. The van der Waals surface area contributed by atoms with Crippen LogP contribution in [0, 0.1) is 0 Å². The number of hydrogen-bond acceptors (Lipinski definition) is 5. The van der Waals surface area contributed by atoms with Crippen LogP contribution < -0.4 is 5.69 Å². The largest absolute Gasteiger partial charge is 0.464 e. The van der Waals surface area contributed by atoms with Crippen molar-refractivity contribution in [2.45, 2.75) is 6.54 Å². The molecule has 2 aliphatic heterocycles. The second-order valence-electron chi connectivity index (χ2n) is 3.94. The van der Waals surface area contributed by atoms with E-state index in [4.69, 9.17) is 16.7 Å². The van der Waals surface area contributed by atoms with E-state index in [0.717, 1.165) is 4.88 Å². The summed E-state index contributed by atoms with van der Waals surface area (Å²) >= 11 is 7.08. The number of carboxylic acid groups (broad SMARTS) is 1. The zero-order chi connectivity index (χ0) is 14.3. The first-order valence-electron chi connectivity index (χ1n) is 5.47. The van der Waals surface area contributed by atoms with E-state index in [1.165, 1.54) is 17.4 Å². The quantitative estimate of drug-likeness (QED) is 0.780. The Bertz CT molecular complexity index is 821. The van der Waals surface area contributed by atoms with E-state index < -0.39 is 11.8 Å². The van der Waals surface area contributed by atoms with Gasteiger partial charge < -0.3 is 9.67 Å². The van der Waals surface area contributed by atoms with Crippen LogP contribution in [0.3, 0.4) is 0 Å². The van der Waals surface area contributed by atoms with Gasteiger partial charge in [0.25, 0.3) is 0 Å². The zero-order valence-corrected chi connectivity index (χ0v) is 11.4. The third kappa shape index (κ3) is 2.08. The van der Waals surface area contributed by atoms with Crippen molar-refractivity contribution in [3.63, 3.8) is 0 Å². The summed E-state index contributed by atoms with van der Waals surface area (Å²) in [6.07, 6.45) is 2.00. The van der Waals surface area contributed by atoms with Crippen molar-refractivity contribution >= 4 is 29.0 Å². The first kappa shape index (κ1) is 12.8. The fraction of sp³-hybridized carbons (Fsp3) is 0.0909. The summed E-state index contributed by atoms with van der Waals surface area (Å²) in [6, 6.07) is 3.19. The number of carbonyl (C=O) groups is 1. The molecule has 0 bridgehead atoms. The second kappa shape index (κ2) is 4.73. The smallest absolute Gasteiger partial charge is 0.420 e. The van der Waals surface area contributed by atoms with E-state index in [-0.39, 0.29) is 5.69 Å². The first-order valence-corrected chi connectivity index (χ1v) is 6.67. The molecular weight excluding hydrogens is 304 g/mol. The van der Waals surface area contributed by atoms with Gasteiger partial charge in [0.2, 0.25) is 0 Å². The van der Waals surface area contributed by atoms with Crippen LogP contribution in [0.15, 0.2) is 29.3 Å². The number of pyridine rings is 1. The van der Waals surface area contributed by atoms with E-state index in [9.17, 15) is 9.59 Å². The molecule has 2 aliphatic rings. The number of rotatable bonds is 2. The molecule has 0 atom stereocenters. The van der Waals surface area contributed by atoms with Crippen LogP contribution in [0.4, 0.5) is 4.79 Å². The standard InChI is InChI=1S/C11H7ClN4O3S/c12-9-13-4-6(20-9)5-15-3-1-2-7-8(15)14-10(17)16(7)11(18)19/h1-4H,5H2,(H,18,19). The highest BCUT2D eigenvalue weighted by Gasteiger charge is 2.21. The minimum atomic E-state index is -1.35. The molecule has 3 rings (SSSR count). The van der Waals surface area contributed by atoms with E-state index in [0.29, 0.717) is 21.4 Å². The lowest BCUT2D eigenvalue weighted by Crippen LogP contribution is -2.22. The molecule has 0 aromatic carbocycles. The van der Waals surface area contributed by atoms with E-state index >= 15 is 0 Å². The number of thiazole rings is 1. The average Bonchev–Trinajstić information content (AvgIpc) is 2.93. The molecule has 0 saturated heterocycles. The molecule has 7 nitrogen and oxygen atoms in total. The number of nitrogens with zero attached hydrogens (tertiary/aromatic N) is 4. The molecule has 0 amide bonds. The summed E-state index contributed by atoms with van der Waals surface area (Å²) in [5, 5.41) is 9.02. The fourth-order valence-corrected chi connectivity index (χ4v) is 2.88. The number of halogens is 1. The zero-order valence-electron chi connectivity index (χ0n) is 9.86. The van der Waals surface area contributed by atoms with Gasteiger partial charge in [-0.1, -0.05) is 11.6 Å². The van der Waals surface area contributed by atoms with Gasteiger partial charge in [-0.05, 0) is 12.1 Å². The van der Waals surface area contributed by atoms with Gasteiger partial charge in [-0.15, -0.1) is 11.3 Å². The van der Waals surface area contributed by atoms with Gasteiger partial charge in [0.15, 0.2) is 10.3 Å². The molecule has 0 radical (unpaired) electrons. The van der Waals surface area contributed by atoms with Crippen molar-refractivity contribution in [1.82, 2.24) is 19.1 Å². The van der Waals surface area contributed by atoms with Gasteiger partial charge >= 0.3 is 11.8 Å². The lowest BCUT2D eigenvalue weighted by molar-refractivity contribution is 0.196. The molecule has 0 spiro atoms. The molecule has 0 aliphatic carbocycles. The summed E-state index contributed by atoms with van der Waals surface area (Å²) in [6.45, 7) is 0.414. The molecule has 0 saturated carbocycles. The SMILES string of the molecule is O=C(O)n1c2cccn(Cc3cnc(Cl)s3)c-2nc1=O. The van der Waals surface area contributed by atoms with E-state index in [1.807, 2.05) is 0 Å². The first-order chi connectivity index (χ1) is 9.56. The number of imidazole rings is 1. The molecule has 0 fully saturated rings. The van der Waals surface area contributed by atoms with E-state index in [2.05, 4.69) is 9.97 Å². The topological polar surface area (TPSA) is 90.0 Å². The van der Waals surface area contributed by atoms with Crippen molar-refractivity contribution in [3.8, 4) is 11.5 Å². The number of hydrogen-bond donors (Lipinski definition) is 1. The van der Waals surface area contributed by atoms with Crippen LogP contribution in [0.2, 0.25) is 4.47 Å². The van der Waals surface area contributed by atoms with Gasteiger partial charge in [0.1, 0.15) is 5.69 Å². The van der Waals surface area contributed by atoms with Crippen molar-refractivity contribution in [1.29, 1.82) is 0 Å². The maximum atomic E-state index is 11.6. The highest BCUT2D eigenvalue weighted by Crippen LogP contribution is 2.22. The average molecular weight is 311 g/mol. The normalized spacial score (nSPS) is 11.1.